The molecule has 2 fully saturated rings. The van der Waals surface area contributed by atoms with Crippen LogP contribution in [-0.2, 0) is 9.47 Å². The van der Waals surface area contributed by atoms with Gasteiger partial charge >= 0.3 is 0 Å². The first-order valence-electron chi connectivity index (χ1n) is 10.9. The molecule has 158 valence electrons. The first kappa shape index (κ1) is 22.4. The third kappa shape index (κ3) is 8.36. The number of hydrogen-bond donors (Lipinski definition) is 2. The van der Waals surface area contributed by atoms with Crippen molar-refractivity contribution in [2.75, 3.05) is 59.1 Å². The van der Waals surface area contributed by atoms with Crippen LogP contribution in [0.1, 0.15) is 53.4 Å². The van der Waals surface area contributed by atoms with Crippen molar-refractivity contribution < 1.29 is 9.47 Å². The van der Waals surface area contributed by atoms with E-state index >= 15 is 0 Å². The zero-order valence-electron chi connectivity index (χ0n) is 18.1. The molecule has 0 amide bonds. The standard InChI is InChI=1S/C21H42N4O2/c1-5-22-20(23-10-6-7-11-25-12-15-26-16-13-25)24-17-18-9-8-14-27-19(18)21(2,3)4/h18-19H,5-17H2,1-4H3,(H2,22,23,24). The summed E-state index contributed by atoms with van der Waals surface area (Å²) >= 11 is 0. The molecular weight excluding hydrogens is 340 g/mol. The molecule has 0 aromatic rings. The van der Waals surface area contributed by atoms with E-state index < -0.39 is 0 Å². The minimum atomic E-state index is 0.172. The SMILES string of the molecule is CCNC(=NCC1CCCOC1C(C)(C)C)NCCCCN1CCOCC1. The molecular formula is C21H42N4O2. The fraction of sp³-hybridized carbons (Fsp3) is 0.952. The number of unbranched alkanes of at least 4 members (excludes halogenated alkanes) is 1. The van der Waals surface area contributed by atoms with Crippen LogP contribution < -0.4 is 10.6 Å². The molecule has 2 N–H and O–H groups in total. The minimum Gasteiger partial charge on any atom is -0.379 e. The second kappa shape index (κ2) is 11.9. The average molecular weight is 383 g/mol. The van der Waals surface area contributed by atoms with Gasteiger partial charge < -0.3 is 20.1 Å². The summed E-state index contributed by atoms with van der Waals surface area (Å²) < 4.78 is 11.5. The Morgan fingerprint density at radius 2 is 1.89 bits per heavy atom. The highest BCUT2D eigenvalue weighted by Crippen LogP contribution is 2.34. The van der Waals surface area contributed by atoms with Gasteiger partial charge in [0.1, 0.15) is 0 Å². The molecule has 0 bridgehead atoms. The molecule has 0 aromatic carbocycles. The van der Waals surface area contributed by atoms with Crippen molar-refractivity contribution in [2.45, 2.75) is 59.5 Å². The van der Waals surface area contributed by atoms with Gasteiger partial charge in [-0.3, -0.25) is 9.89 Å². The van der Waals surface area contributed by atoms with E-state index in [1.807, 2.05) is 0 Å². The van der Waals surface area contributed by atoms with E-state index in [-0.39, 0.29) is 5.41 Å². The van der Waals surface area contributed by atoms with E-state index in [4.69, 9.17) is 14.5 Å². The van der Waals surface area contributed by atoms with Gasteiger partial charge in [0.2, 0.25) is 0 Å². The maximum absolute atomic E-state index is 6.09. The zero-order valence-corrected chi connectivity index (χ0v) is 18.1. The van der Waals surface area contributed by atoms with Crippen LogP contribution in [0.4, 0.5) is 0 Å². The van der Waals surface area contributed by atoms with Gasteiger partial charge in [0.25, 0.3) is 0 Å². The Morgan fingerprint density at radius 1 is 1.11 bits per heavy atom. The molecule has 2 aliphatic heterocycles. The Balaban J connectivity index is 1.72. The predicted molar refractivity (Wildman–Crippen MR) is 112 cm³/mol. The normalized spacial score (nSPS) is 25.4. The molecule has 2 saturated heterocycles. The fourth-order valence-electron chi connectivity index (χ4n) is 4.03. The van der Waals surface area contributed by atoms with Crippen molar-refractivity contribution in [2.24, 2.45) is 16.3 Å². The maximum Gasteiger partial charge on any atom is 0.191 e. The minimum absolute atomic E-state index is 0.172. The van der Waals surface area contributed by atoms with Crippen LogP contribution in [0.25, 0.3) is 0 Å². The van der Waals surface area contributed by atoms with Crippen molar-refractivity contribution in [3.63, 3.8) is 0 Å². The Hall–Kier alpha value is -0.850. The van der Waals surface area contributed by atoms with Crippen LogP contribution in [0.5, 0.6) is 0 Å². The molecule has 2 heterocycles. The van der Waals surface area contributed by atoms with Crippen LogP contribution >= 0.6 is 0 Å². The van der Waals surface area contributed by atoms with Crippen molar-refractivity contribution in [3.8, 4) is 0 Å². The Bertz CT molecular complexity index is 430. The molecule has 6 heteroatoms. The average Bonchev–Trinajstić information content (AvgIpc) is 2.66. The highest BCUT2D eigenvalue weighted by molar-refractivity contribution is 5.79. The molecule has 2 atom stereocenters. The molecule has 6 nitrogen and oxygen atoms in total. The number of aliphatic imine (C=N–C) groups is 1. The number of nitrogens with one attached hydrogen (secondary N) is 2. The number of guanidine groups is 1. The lowest BCUT2D eigenvalue weighted by atomic mass is 9.78. The number of rotatable bonds is 8. The molecule has 0 saturated carbocycles. The number of hydrogen-bond acceptors (Lipinski definition) is 4. The molecule has 27 heavy (non-hydrogen) atoms. The smallest absolute Gasteiger partial charge is 0.191 e. The van der Waals surface area contributed by atoms with Gasteiger partial charge in [-0.25, -0.2) is 0 Å². The maximum atomic E-state index is 6.09. The van der Waals surface area contributed by atoms with Crippen LogP contribution in [0.3, 0.4) is 0 Å². The fourth-order valence-corrected chi connectivity index (χ4v) is 4.03. The lowest BCUT2D eigenvalue weighted by Crippen LogP contribution is -2.43. The lowest BCUT2D eigenvalue weighted by Gasteiger charge is -2.39. The summed E-state index contributed by atoms with van der Waals surface area (Å²) in [6, 6.07) is 0. The Morgan fingerprint density at radius 3 is 2.59 bits per heavy atom. The molecule has 2 unspecified atom stereocenters. The summed E-state index contributed by atoms with van der Waals surface area (Å²) in [5, 5.41) is 6.89. The van der Waals surface area contributed by atoms with E-state index in [0.29, 0.717) is 12.0 Å². The van der Waals surface area contributed by atoms with Crippen LogP contribution in [0, 0.1) is 11.3 Å². The van der Waals surface area contributed by atoms with Crippen molar-refractivity contribution >= 4 is 5.96 Å². The molecule has 2 rings (SSSR count). The third-order valence-electron chi connectivity index (χ3n) is 5.42. The lowest BCUT2D eigenvalue weighted by molar-refractivity contribution is -0.0823. The van der Waals surface area contributed by atoms with Crippen LogP contribution in [0.15, 0.2) is 4.99 Å². The largest absolute Gasteiger partial charge is 0.379 e. The summed E-state index contributed by atoms with van der Waals surface area (Å²) in [7, 11) is 0. The Kier molecular flexibility index (Phi) is 9.87. The van der Waals surface area contributed by atoms with E-state index in [9.17, 15) is 0 Å². The second-order valence-electron chi connectivity index (χ2n) is 8.87. The van der Waals surface area contributed by atoms with Crippen molar-refractivity contribution in [1.82, 2.24) is 15.5 Å². The van der Waals surface area contributed by atoms with Gasteiger partial charge in [-0.05, 0) is 44.6 Å². The summed E-state index contributed by atoms with van der Waals surface area (Å²) in [6.45, 7) is 17.6. The molecule has 0 aromatic heterocycles. The van der Waals surface area contributed by atoms with Gasteiger partial charge in [0.05, 0.1) is 19.3 Å². The Labute approximate surface area is 166 Å². The topological polar surface area (TPSA) is 58.1 Å². The van der Waals surface area contributed by atoms with Gasteiger partial charge in [-0.1, -0.05) is 20.8 Å². The van der Waals surface area contributed by atoms with Crippen molar-refractivity contribution in [3.05, 3.63) is 0 Å². The molecule has 0 radical (unpaired) electrons. The second-order valence-corrected chi connectivity index (χ2v) is 8.87. The van der Waals surface area contributed by atoms with Gasteiger partial charge in [-0.15, -0.1) is 0 Å². The molecule has 2 aliphatic rings. The van der Waals surface area contributed by atoms with Crippen LogP contribution in [-0.4, -0.2) is 76.1 Å². The molecule has 0 aliphatic carbocycles. The van der Waals surface area contributed by atoms with Gasteiger partial charge in [0, 0.05) is 45.2 Å². The monoisotopic (exact) mass is 382 g/mol. The van der Waals surface area contributed by atoms with E-state index in [0.717, 1.165) is 64.9 Å². The van der Waals surface area contributed by atoms with Crippen LogP contribution in [0.2, 0.25) is 0 Å². The highest BCUT2D eigenvalue weighted by atomic mass is 16.5. The zero-order chi connectivity index (χ0) is 19.5. The van der Waals surface area contributed by atoms with E-state index in [1.54, 1.807) is 0 Å². The van der Waals surface area contributed by atoms with Gasteiger partial charge in [0.15, 0.2) is 5.96 Å². The quantitative estimate of drug-likeness (QED) is 0.384. The first-order chi connectivity index (χ1) is 13.0. The summed E-state index contributed by atoms with van der Waals surface area (Å²) in [4.78, 5) is 7.37. The predicted octanol–water partition coefficient (Wildman–Crippen LogP) is 2.50. The third-order valence-corrected chi connectivity index (χ3v) is 5.42. The number of morpholine rings is 1. The van der Waals surface area contributed by atoms with E-state index in [1.165, 1.54) is 25.8 Å². The van der Waals surface area contributed by atoms with Crippen molar-refractivity contribution in [1.29, 1.82) is 0 Å². The van der Waals surface area contributed by atoms with E-state index in [2.05, 4.69) is 43.2 Å². The summed E-state index contributed by atoms with van der Waals surface area (Å²) in [5.74, 6) is 1.46. The highest BCUT2D eigenvalue weighted by Gasteiger charge is 2.35. The molecule has 0 spiro atoms. The summed E-state index contributed by atoms with van der Waals surface area (Å²) in [5.41, 5.74) is 0.172. The number of ether oxygens (including phenoxy) is 2. The van der Waals surface area contributed by atoms with Gasteiger partial charge in [-0.2, -0.15) is 0 Å². The number of nitrogens with zero attached hydrogens (tertiary/aromatic N) is 2. The first-order valence-corrected chi connectivity index (χ1v) is 10.9. The summed E-state index contributed by atoms with van der Waals surface area (Å²) in [6.07, 6.45) is 5.04.